The van der Waals surface area contributed by atoms with Gasteiger partial charge in [-0.05, 0) is 18.2 Å². The number of nitrogens with two attached hydrogens (primary N) is 1. The van der Waals surface area contributed by atoms with Gasteiger partial charge in [0.2, 0.25) is 0 Å². The smallest absolute Gasteiger partial charge is 0.326 e. The van der Waals surface area contributed by atoms with Crippen LogP contribution in [0.3, 0.4) is 0 Å². The minimum Gasteiger partial charge on any atom is -0.480 e. The number of hydrogen-bond acceptors (Lipinski definition) is 5. The summed E-state index contributed by atoms with van der Waals surface area (Å²) in [6.45, 7) is 0. The number of carboxylic acids is 1. The number of aliphatic carboxylic acids is 1. The molecular formula is C12H11ClN2O2S2. The average molecular weight is 315 g/mol. The Hall–Kier alpha value is -1.08. The number of rotatable bonds is 5. The second-order valence-corrected chi connectivity index (χ2v) is 6.16. The maximum Gasteiger partial charge on any atom is 0.326 e. The zero-order chi connectivity index (χ0) is 13.8. The minimum atomic E-state index is -1.07. The Kier molecular flexibility index (Phi) is 4.81. The molecule has 0 fully saturated rings. The molecule has 0 aliphatic carbocycles. The van der Waals surface area contributed by atoms with Crippen LogP contribution in [0, 0.1) is 0 Å². The first-order chi connectivity index (χ1) is 9.06. The maximum absolute atomic E-state index is 10.7. The summed E-state index contributed by atoms with van der Waals surface area (Å²) >= 11 is 8.91. The van der Waals surface area contributed by atoms with Crippen LogP contribution >= 0.6 is 34.7 Å². The van der Waals surface area contributed by atoms with Crippen LogP contribution in [0.15, 0.2) is 34.5 Å². The Morgan fingerprint density at radius 2 is 2.37 bits per heavy atom. The summed E-state index contributed by atoms with van der Waals surface area (Å²) in [5, 5.41) is 12.0. The van der Waals surface area contributed by atoms with Crippen LogP contribution in [0.25, 0.3) is 0 Å². The van der Waals surface area contributed by atoms with Gasteiger partial charge in [-0.2, -0.15) is 0 Å². The standard InChI is InChI=1S/C12H11ClN2O2S2/c13-7-2-1-3-8(4-7)18-6-10-15-9(5-19-10)11(14)12(16)17/h1-5,11H,6,14H2,(H,16,17). The van der Waals surface area contributed by atoms with E-state index in [9.17, 15) is 4.79 Å². The lowest BCUT2D eigenvalue weighted by Gasteiger charge is -2.01. The van der Waals surface area contributed by atoms with Gasteiger partial charge in [-0.1, -0.05) is 17.7 Å². The van der Waals surface area contributed by atoms with Crippen molar-refractivity contribution in [2.45, 2.75) is 16.7 Å². The predicted octanol–water partition coefficient (Wildman–Crippen LogP) is 3.17. The fraction of sp³-hybridized carbons (Fsp3) is 0.167. The van der Waals surface area contributed by atoms with E-state index in [1.165, 1.54) is 11.3 Å². The van der Waals surface area contributed by atoms with Crippen LogP contribution < -0.4 is 5.73 Å². The summed E-state index contributed by atoms with van der Waals surface area (Å²) < 4.78 is 0. The topological polar surface area (TPSA) is 76.2 Å². The molecule has 0 bridgehead atoms. The lowest BCUT2D eigenvalue weighted by molar-refractivity contribution is -0.138. The molecule has 0 radical (unpaired) electrons. The second kappa shape index (κ2) is 6.38. The highest BCUT2D eigenvalue weighted by Gasteiger charge is 2.17. The van der Waals surface area contributed by atoms with Crippen molar-refractivity contribution in [3.63, 3.8) is 0 Å². The van der Waals surface area contributed by atoms with E-state index in [1.807, 2.05) is 24.3 Å². The number of halogens is 1. The first-order valence-electron chi connectivity index (χ1n) is 5.37. The van der Waals surface area contributed by atoms with Crippen molar-refractivity contribution in [3.05, 3.63) is 45.4 Å². The molecule has 100 valence electrons. The number of benzene rings is 1. The molecule has 4 nitrogen and oxygen atoms in total. The van der Waals surface area contributed by atoms with Gasteiger partial charge in [0.1, 0.15) is 11.0 Å². The molecule has 3 N–H and O–H groups in total. The van der Waals surface area contributed by atoms with Gasteiger partial charge in [-0.15, -0.1) is 23.1 Å². The quantitative estimate of drug-likeness (QED) is 0.829. The summed E-state index contributed by atoms with van der Waals surface area (Å²) in [5.41, 5.74) is 5.90. The number of thioether (sulfide) groups is 1. The number of carboxylic acid groups (broad SMARTS) is 1. The Labute approximate surface area is 123 Å². The van der Waals surface area contributed by atoms with Crippen LogP contribution in [-0.4, -0.2) is 16.1 Å². The van der Waals surface area contributed by atoms with Crippen LogP contribution in [0.1, 0.15) is 16.7 Å². The Morgan fingerprint density at radius 3 is 3.05 bits per heavy atom. The monoisotopic (exact) mass is 314 g/mol. The Morgan fingerprint density at radius 1 is 1.58 bits per heavy atom. The molecule has 1 unspecified atom stereocenters. The molecule has 0 aliphatic heterocycles. The molecule has 0 saturated heterocycles. The van der Waals surface area contributed by atoms with Gasteiger partial charge < -0.3 is 10.8 Å². The minimum absolute atomic E-state index is 0.402. The van der Waals surface area contributed by atoms with Crippen LogP contribution in [0.4, 0.5) is 0 Å². The number of carbonyl (C=O) groups is 1. The van der Waals surface area contributed by atoms with Gasteiger partial charge in [-0.25, -0.2) is 4.98 Å². The van der Waals surface area contributed by atoms with Crippen molar-refractivity contribution in [1.29, 1.82) is 0 Å². The second-order valence-electron chi connectivity index (χ2n) is 3.73. The van der Waals surface area contributed by atoms with Gasteiger partial charge in [0.25, 0.3) is 0 Å². The molecule has 19 heavy (non-hydrogen) atoms. The Bertz CT molecular complexity index is 589. The molecule has 1 aromatic heterocycles. The molecule has 1 aromatic carbocycles. The number of hydrogen-bond donors (Lipinski definition) is 2. The third-order valence-electron chi connectivity index (χ3n) is 2.31. The summed E-state index contributed by atoms with van der Waals surface area (Å²) in [6.07, 6.45) is 0. The highest BCUT2D eigenvalue weighted by Crippen LogP contribution is 2.27. The van der Waals surface area contributed by atoms with Crippen molar-refractivity contribution in [2.75, 3.05) is 0 Å². The Balaban J connectivity index is 1.99. The predicted molar refractivity (Wildman–Crippen MR) is 77.7 cm³/mol. The first kappa shape index (κ1) is 14.3. The van der Waals surface area contributed by atoms with E-state index in [4.69, 9.17) is 22.4 Å². The van der Waals surface area contributed by atoms with Crippen molar-refractivity contribution in [3.8, 4) is 0 Å². The highest BCUT2D eigenvalue weighted by atomic mass is 35.5. The molecule has 0 spiro atoms. The fourth-order valence-corrected chi connectivity index (χ4v) is 3.42. The first-order valence-corrected chi connectivity index (χ1v) is 7.61. The molecule has 0 saturated carbocycles. The largest absolute Gasteiger partial charge is 0.480 e. The van der Waals surface area contributed by atoms with Crippen molar-refractivity contribution >= 4 is 40.7 Å². The lowest BCUT2D eigenvalue weighted by Crippen LogP contribution is -2.20. The average Bonchev–Trinajstić information content (AvgIpc) is 2.84. The SMILES string of the molecule is NC(C(=O)O)c1csc(CSc2cccc(Cl)c2)n1. The van der Waals surface area contributed by atoms with E-state index < -0.39 is 12.0 Å². The van der Waals surface area contributed by atoms with Gasteiger partial charge in [-0.3, -0.25) is 4.79 Å². The summed E-state index contributed by atoms with van der Waals surface area (Å²) in [7, 11) is 0. The van der Waals surface area contributed by atoms with Gasteiger partial charge in [0.15, 0.2) is 0 Å². The normalized spacial score (nSPS) is 12.3. The summed E-state index contributed by atoms with van der Waals surface area (Å²) in [5.74, 6) is -0.406. The van der Waals surface area contributed by atoms with Crippen molar-refractivity contribution in [2.24, 2.45) is 5.73 Å². The number of thiazole rings is 1. The van der Waals surface area contributed by atoms with Gasteiger partial charge in [0, 0.05) is 15.3 Å². The zero-order valence-corrected chi connectivity index (χ0v) is 12.1. The fourth-order valence-electron chi connectivity index (χ4n) is 1.36. The third kappa shape index (κ3) is 3.94. The molecule has 0 amide bonds. The molecule has 1 atom stereocenters. The summed E-state index contributed by atoms with van der Waals surface area (Å²) in [4.78, 5) is 16.0. The molecular weight excluding hydrogens is 304 g/mol. The maximum atomic E-state index is 10.7. The number of nitrogens with zero attached hydrogens (tertiary/aromatic N) is 1. The van der Waals surface area contributed by atoms with E-state index in [1.54, 1.807) is 17.1 Å². The van der Waals surface area contributed by atoms with E-state index >= 15 is 0 Å². The highest BCUT2D eigenvalue weighted by molar-refractivity contribution is 7.98. The van der Waals surface area contributed by atoms with Crippen LogP contribution in [0.2, 0.25) is 5.02 Å². The van der Waals surface area contributed by atoms with E-state index in [0.717, 1.165) is 9.90 Å². The molecule has 2 rings (SSSR count). The molecule has 2 aromatic rings. The molecule has 1 heterocycles. The van der Waals surface area contributed by atoms with Gasteiger partial charge >= 0.3 is 5.97 Å². The summed E-state index contributed by atoms with van der Waals surface area (Å²) in [6, 6.07) is 6.50. The molecule has 0 aliphatic rings. The van der Waals surface area contributed by atoms with Crippen molar-refractivity contribution < 1.29 is 9.90 Å². The van der Waals surface area contributed by atoms with Crippen LogP contribution in [0.5, 0.6) is 0 Å². The molecule has 7 heteroatoms. The van der Waals surface area contributed by atoms with Crippen molar-refractivity contribution in [1.82, 2.24) is 4.98 Å². The van der Waals surface area contributed by atoms with Gasteiger partial charge in [0.05, 0.1) is 11.4 Å². The van der Waals surface area contributed by atoms with E-state index in [2.05, 4.69) is 4.98 Å². The van der Waals surface area contributed by atoms with E-state index in [-0.39, 0.29) is 0 Å². The number of aromatic nitrogens is 1. The third-order valence-corrected chi connectivity index (χ3v) is 4.60. The zero-order valence-electron chi connectivity index (χ0n) is 9.75. The lowest BCUT2D eigenvalue weighted by atomic mass is 10.2. The van der Waals surface area contributed by atoms with E-state index in [0.29, 0.717) is 16.5 Å². The van der Waals surface area contributed by atoms with Crippen LogP contribution in [-0.2, 0) is 10.5 Å².